The Balaban J connectivity index is 4.76. The predicted octanol–water partition coefficient (Wildman–Crippen LogP) is 2.28. The summed E-state index contributed by atoms with van der Waals surface area (Å²) in [6.45, 7) is -17.7. The number of rotatable bonds is 46. The Morgan fingerprint density at radius 2 is 0.457 bits per heavy atom. The van der Waals surface area contributed by atoms with E-state index < -0.39 is 159 Å². The Hall–Kier alpha value is -1.88. The second kappa shape index (κ2) is 32.4. The minimum atomic E-state index is -6.61. The van der Waals surface area contributed by atoms with E-state index in [1.54, 1.807) is 0 Å². The largest absolute Gasteiger partial charge is 0.453 e. The second-order valence-corrected chi connectivity index (χ2v) is 14.4. The molecule has 4 unspecified atom stereocenters. The lowest BCUT2D eigenvalue weighted by Gasteiger charge is -2.31. The van der Waals surface area contributed by atoms with Gasteiger partial charge in [0.05, 0.1) is 66.1 Å². The summed E-state index contributed by atoms with van der Waals surface area (Å²) in [5.41, 5.74) is 0. The lowest BCUT2D eigenvalue weighted by atomic mass is 10.3. The van der Waals surface area contributed by atoms with Crippen LogP contribution in [0.25, 0.3) is 0 Å². The van der Waals surface area contributed by atoms with Crippen molar-refractivity contribution in [2.75, 3.05) is 119 Å². The van der Waals surface area contributed by atoms with E-state index in [-0.39, 0.29) is 39.6 Å². The van der Waals surface area contributed by atoms with Crippen molar-refractivity contribution >= 4 is 0 Å². The highest BCUT2D eigenvalue weighted by Crippen LogP contribution is 2.45. The third kappa shape index (κ3) is 31.7. The van der Waals surface area contributed by atoms with Gasteiger partial charge in [-0.15, -0.1) is 0 Å². The van der Waals surface area contributed by atoms with E-state index in [0.29, 0.717) is 25.7 Å². The van der Waals surface area contributed by atoms with Crippen molar-refractivity contribution in [2.45, 2.75) is 105 Å². The molecule has 35 heteroatoms. The van der Waals surface area contributed by atoms with Crippen molar-refractivity contribution in [1.29, 1.82) is 0 Å². The van der Waals surface area contributed by atoms with Crippen molar-refractivity contribution in [3.05, 3.63) is 0 Å². The van der Waals surface area contributed by atoms with Crippen LogP contribution >= 0.6 is 0 Å². The zero-order valence-corrected chi connectivity index (χ0v) is 36.5. The Morgan fingerprint density at radius 1 is 0.271 bits per heavy atom. The minimum absolute atomic E-state index is 0.0863. The van der Waals surface area contributed by atoms with E-state index in [1.165, 1.54) is 0 Å². The highest BCUT2D eigenvalue weighted by atomic mass is 19.4. The normalized spacial score (nSPS) is 16.2. The summed E-state index contributed by atoms with van der Waals surface area (Å²) in [7, 11) is 0. The van der Waals surface area contributed by atoms with Crippen LogP contribution in [0.3, 0.4) is 0 Å². The molecule has 422 valence electrons. The lowest BCUT2D eigenvalue weighted by molar-refractivity contribution is -0.516. The number of aliphatic hydroxyl groups excluding tert-OH is 7. The maximum atomic E-state index is 13.9. The van der Waals surface area contributed by atoms with Gasteiger partial charge < -0.3 is 73.6 Å². The number of hydrogen-bond acceptors (Lipinski definition) is 19. The molecular weight excluding hydrogens is 1030 g/mol. The fraction of sp³-hybridized carbons (Fsp3) is 1.00. The van der Waals surface area contributed by atoms with E-state index in [2.05, 4.69) is 37.9 Å². The van der Waals surface area contributed by atoms with E-state index in [4.69, 9.17) is 29.2 Å². The fourth-order valence-electron chi connectivity index (χ4n) is 4.35. The fourth-order valence-corrected chi connectivity index (χ4v) is 4.35. The van der Waals surface area contributed by atoms with Crippen LogP contribution in [-0.4, -0.2) is 234 Å². The van der Waals surface area contributed by atoms with Gasteiger partial charge in [0.15, 0.2) is 0 Å². The van der Waals surface area contributed by atoms with Crippen LogP contribution in [0.1, 0.15) is 25.7 Å². The molecule has 7 N–H and O–H groups in total. The highest BCUT2D eigenvalue weighted by Gasteiger charge is 2.68. The molecule has 0 spiro atoms. The first-order valence-electron chi connectivity index (χ1n) is 20.2. The highest BCUT2D eigenvalue weighted by molar-refractivity contribution is 4.74. The Morgan fingerprint density at radius 3 is 0.657 bits per heavy atom. The van der Waals surface area contributed by atoms with Gasteiger partial charge in [0, 0.05) is 26.4 Å². The van der Waals surface area contributed by atoms with Gasteiger partial charge in [-0.05, 0) is 25.7 Å². The van der Waals surface area contributed by atoms with Gasteiger partial charge in [-0.2, -0.15) is 70.2 Å². The molecule has 0 aromatic rings. The molecule has 0 saturated carbocycles. The Labute approximate surface area is 387 Å². The van der Waals surface area contributed by atoms with Crippen LogP contribution in [0, 0.1) is 0 Å². The Kier molecular flexibility index (Phi) is 31.6. The third-order valence-corrected chi connectivity index (χ3v) is 7.36. The summed E-state index contributed by atoms with van der Waals surface area (Å²) < 4.78 is 269. The maximum absolute atomic E-state index is 13.9. The third-order valence-electron chi connectivity index (χ3n) is 7.36. The molecule has 0 aromatic carbocycles. The molecule has 0 aromatic heterocycles. The number of ether oxygens (including phenoxy) is 12. The Bertz CT molecular complexity index is 1260. The number of halogens is 16. The lowest BCUT2D eigenvalue weighted by Crippen LogP contribution is -2.53. The molecule has 0 amide bonds. The zero-order chi connectivity index (χ0) is 53.9. The van der Waals surface area contributed by atoms with Crippen LogP contribution in [0.4, 0.5) is 70.2 Å². The molecule has 0 rings (SSSR count). The molecular formula is C35H56F16O19. The number of alkyl halides is 16. The van der Waals surface area contributed by atoms with Gasteiger partial charge in [-0.25, -0.2) is 18.9 Å². The zero-order valence-electron chi connectivity index (χ0n) is 36.5. The van der Waals surface area contributed by atoms with Gasteiger partial charge >= 0.3 is 48.9 Å². The van der Waals surface area contributed by atoms with Crippen molar-refractivity contribution in [2.24, 2.45) is 0 Å². The standard InChI is InChI=1S/C35H56F16O19/c36-28(37,19-63-15-25(56)13-61-11-23(54)9-59-7-3-1-5-52)67-32(44,45)34(48,49)69-30(40,41)21-65-17-27(58)18-66-22-31(42,43)70-35(50,51)33(46,47)68-29(38,39)20-64-16-26(57)14-62-12-24(55)10-60-8-4-2-6-53/h23-27,52-58H,1-22H2. The van der Waals surface area contributed by atoms with Crippen molar-refractivity contribution in [1.82, 2.24) is 0 Å². The van der Waals surface area contributed by atoms with E-state index in [9.17, 15) is 95.8 Å². The van der Waals surface area contributed by atoms with Crippen molar-refractivity contribution in [3.63, 3.8) is 0 Å². The topological polar surface area (TPSA) is 252 Å². The monoisotopic (exact) mass is 1080 g/mol. The van der Waals surface area contributed by atoms with E-state index in [1.807, 2.05) is 0 Å². The average molecular weight is 1080 g/mol. The molecule has 0 aliphatic heterocycles. The quantitative estimate of drug-likeness (QED) is 0.0341. The molecule has 0 radical (unpaired) electrons. The van der Waals surface area contributed by atoms with Gasteiger partial charge in [0.2, 0.25) is 0 Å². The summed E-state index contributed by atoms with van der Waals surface area (Å²) >= 11 is 0. The molecule has 19 nitrogen and oxygen atoms in total. The van der Waals surface area contributed by atoms with Crippen LogP contribution in [0.2, 0.25) is 0 Å². The van der Waals surface area contributed by atoms with Gasteiger partial charge in [0.1, 0.15) is 56.9 Å². The van der Waals surface area contributed by atoms with E-state index >= 15 is 0 Å². The van der Waals surface area contributed by atoms with Crippen molar-refractivity contribution < 1.29 is 163 Å². The molecule has 70 heavy (non-hydrogen) atoms. The predicted molar refractivity (Wildman–Crippen MR) is 193 cm³/mol. The number of aliphatic hydroxyl groups is 7. The molecule has 0 fully saturated rings. The van der Waals surface area contributed by atoms with Crippen LogP contribution in [0.5, 0.6) is 0 Å². The van der Waals surface area contributed by atoms with Gasteiger partial charge in [-0.1, -0.05) is 0 Å². The van der Waals surface area contributed by atoms with E-state index in [0.717, 1.165) is 0 Å². The molecule has 0 bridgehead atoms. The average Bonchev–Trinajstić information content (AvgIpc) is 3.18. The number of unbranched alkanes of at least 4 members (excludes halogenated alkanes) is 2. The number of hydrogen-bond donors (Lipinski definition) is 7. The first-order valence-corrected chi connectivity index (χ1v) is 20.2. The molecule has 0 saturated heterocycles. The van der Waals surface area contributed by atoms with Crippen molar-refractivity contribution in [3.8, 4) is 0 Å². The molecule has 0 aliphatic carbocycles. The summed E-state index contributed by atoms with van der Waals surface area (Å²) in [6, 6.07) is 0. The summed E-state index contributed by atoms with van der Waals surface area (Å²) in [5, 5.41) is 65.5. The van der Waals surface area contributed by atoms with Gasteiger partial charge in [0.25, 0.3) is 0 Å². The summed E-state index contributed by atoms with van der Waals surface area (Å²) in [4.78, 5) is 0. The minimum Gasteiger partial charge on any atom is -0.396 e. The van der Waals surface area contributed by atoms with Gasteiger partial charge in [-0.3, -0.25) is 0 Å². The first-order chi connectivity index (χ1) is 32.1. The van der Waals surface area contributed by atoms with Crippen LogP contribution < -0.4 is 0 Å². The summed E-state index contributed by atoms with van der Waals surface area (Å²) in [6.07, 6.45) is -54.9. The first kappa shape index (κ1) is 68.1. The summed E-state index contributed by atoms with van der Waals surface area (Å²) in [5.74, 6) is 0. The van der Waals surface area contributed by atoms with Crippen LogP contribution in [0.15, 0.2) is 0 Å². The SMILES string of the molecule is OCCCCOCC(O)COCC(O)COCC(F)(F)OC(F)(F)C(F)(F)OC(F)(F)COCC(O)COCC(F)(F)OC(F)(F)C(F)(F)OC(F)(F)COCC(O)COCC(O)COCCCCO. The smallest absolute Gasteiger partial charge is 0.396 e. The molecule has 0 aliphatic rings. The second-order valence-electron chi connectivity index (χ2n) is 14.4. The van der Waals surface area contributed by atoms with Crippen LogP contribution in [-0.2, 0) is 56.8 Å². The molecule has 4 atom stereocenters. The maximum Gasteiger partial charge on any atom is 0.453 e. The molecule has 0 heterocycles.